The minimum absolute atomic E-state index is 0.0422. The zero-order valence-electron chi connectivity index (χ0n) is 12.2. The molecule has 1 unspecified atom stereocenters. The van der Waals surface area contributed by atoms with Crippen LogP contribution in [0.1, 0.15) is 4.88 Å². The molecule has 0 radical (unpaired) electrons. The van der Waals surface area contributed by atoms with Gasteiger partial charge in [0.2, 0.25) is 5.91 Å². The summed E-state index contributed by atoms with van der Waals surface area (Å²) in [6.07, 6.45) is 3.23. The molecule has 2 aromatic heterocycles. The van der Waals surface area contributed by atoms with Crippen LogP contribution in [0.2, 0.25) is 0 Å². The second-order valence-corrected chi connectivity index (χ2v) is 6.23. The Kier molecular flexibility index (Phi) is 5.15. The molecule has 1 fully saturated rings. The van der Waals surface area contributed by atoms with Gasteiger partial charge in [0.05, 0.1) is 32.3 Å². The molecule has 0 aliphatic carbocycles. The summed E-state index contributed by atoms with van der Waals surface area (Å²) in [7, 11) is 0. The number of carbonyl (C=O) groups is 1. The van der Waals surface area contributed by atoms with E-state index in [0.29, 0.717) is 26.2 Å². The van der Waals surface area contributed by atoms with Gasteiger partial charge in [-0.25, -0.2) is 4.98 Å². The summed E-state index contributed by atoms with van der Waals surface area (Å²) in [5, 5.41) is 9.05. The molecule has 1 N–H and O–H groups in total. The van der Waals surface area contributed by atoms with Crippen LogP contribution in [0.25, 0.3) is 0 Å². The van der Waals surface area contributed by atoms with E-state index in [0.717, 1.165) is 13.1 Å². The number of hydrogen-bond donors (Lipinski definition) is 1. The van der Waals surface area contributed by atoms with Crippen molar-refractivity contribution in [3.63, 3.8) is 0 Å². The maximum absolute atomic E-state index is 12.0. The van der Waals surface area contributed by atoms with Crippen molar-refractivity contribution in [2.45, 2.75) is 19.2 Å². The maximum atomic E-state index is 12.0. The Bertz CT molecular complexity index is 572. The Labute approximate surface area is 132 Å². The Hall–Kier alpha value is -1.77. The molecule has 0 bridgehead atoms. The third kappa shape index (κ3) is 4.36. The molecule has 7 nitrogen and oxygen atoms in total. The van der Waals surface area contributed by atoms with Crippen molar-refractivity contribution < 1.29 is 9.53 Å². The third-order valence-electron chi connectivity index (χ3n) is 3.49. The summed E-state index contributed by atoms with van der Waals surface area (Å²) in [5.41, 5.74) is 0. The normalized spacial score (nSPS) is 19.2. The highest BCUT2D eigenvalue weighted by atomic mass is 32.1. The Morgan fingerprint density at radius 2 is 2.50 bits per heavy atom. The van der Waals surface area contributed by atoms with E-state index in [-0.39, 0.29) is 12.0 Å². The summed E-state index contributed by atoms with van der Waals surface area (Å²) in [5.74, 6) is 0.0507. The molecule has 0 saturated carbocycles. The number of nitrogens with one attached hydrogen (secondary N) is 1. The number of carbonyl (C=O) groups excluding carboxylic acids is 1. The summed E-state index contributed by atoms with van der Waals surface area (Å²) < 4.78 is 7.48. The lowest BCUT2D eigenvalue weighted by Gasteiger charge is -2.32. The van der Waals surface area contributed by atoms with Gasteiger partial charge in [-0.3, -0.25) is 14.4 Å². The highest BCUT2D eigenvalue weighted by Crippen LogP contribution is 2.08. The molecule has 1 amide bonds. The highest BCUT2D eigenvalue weighted by Gasteiger charge is 2.22. The fourth-order valence-electron chi connectivity index (χ4n) is 2.43. The van der Waals surface area contributed by atoms with E-state index >= 15 is 0 Å². The van der Waals surface area contributed by atoms with Crippen molar-refractivity contribution in [3.8, 4) is 0 Å². The van der Waals surface area contributed by atoms with Crippen LogP contribution < -0.4 is 5.32 Å². The van der Waals surface area contributed by atoms with E-state index in [9.17, 15) is 4.79 Å². The first-order chi connectivity index (χ1) is 10.8. The average Bonchev–Trinajstić information content (AvgIpc) is 3.19. The molecule has 8 heteroatoms. The van der Waals surface area contributed by atoms with E-state index in [4.69, 9.17) is 4.74 Å². The van der Waals surface area contributed by atoms with Crippen molar-refractivity contribution in [2.75, 3.05) is 26.2 Å². The number of amides is 1. The van der Waals surface area contributed by atoms with Gasteiger partial charge in [0.25, 0.3) is 0 Å². The Balaban J connectivity index is 1.42. The van der Waals surface area contributed by atoms with Gasteiger partial charge in [0.15, 0.2) is 0 Å². The zero-order chi connectivity index (χ0) is 15.2. The van der Waals surface area contributed by atoms with Crippen molar-refractivity contribution in [3.05, 3.63) is 35.0 Å². The average molecular weight is 321 g/mol. The van der Waals surface area contributed by atoms with E-state index < -0.39 is 0 Å². The second kappa shape index (κ2) is 7.48. The molecule has 1 aliphatic rings. The maximum Gasteiger partial charge on any atom is 0.234 e. The predicted molar refractivity (Wildman–Crippen MR) is 82.4 cm³/mol. The smallest absolute Gasteiger partial charge is 0.234 e. The fraction of sp³-hybridized carbons (Fsp3) is 0.500. The molecular formula is C14H19N5O2S. The van der Waals surface area contributed by atoms with Gasteiger partial charge in [0.1, 0.15) is 12.7 Å². The van der Waals surface area contributed by atoms with Crippen LogP contribution >= 0.6 is 11.3 Å². The standard InChI is InChI=1S/C14H19N5O2S/c20-14(16-6-13-2-1-5-22-13)9-18-3-4-21-12(7-18)8-19-11-15-10-17-19/h1-2,5,10-12H,3-4,6-9H2,(H,16,20). The number of aromatic nitrogens is 3. The lowest BCUT2D eigenvalue weighted by Crippen LogP contribution is -2.48. The lowest BCUT2D eigenvalue weighted by atomic mass is 10.2. The molecule has 0 aromatic carbocycles. The molecule has 1 atom stereocenters. The first-order valence-corrected chi connectivity index (χ1v) is 8.13. The Morgan fingerprint density at radius 3 is 3.27 bits per heavy atom. The minimum atomic E-state index is 0.0422. The summed E-state index contributed by atoms with van der Waals surface area (Å²) in [4.78, 5) is 19.2. The van der Waals surface area contributed by atoms with Gasteiger partial charge >= 0.3 is 0 Å². The Morgan fingerprint density at radius 1 is 1.55 bits per heavy atom. The lowest BCUT2D eigenvalue weighted by molar-refractivity contribution is -0.124. The minimum Gasteiger partial charge on any atom is -0.374 e. The van der Waals surface area contributed by atoms with Crippen LogP contribution in [-0.4, -0.2) is 57.9 Å². The quantitative estimate of drug-likeness (QED) is 0.831. The van der Waals surface area contributed by atoms with Crippen molar-refractivity contribution >= 4 is 17.2 Å². The van der Waals surface area contributed by atoms with Crippen LogP contribution in [0, 0.1) is 0 Å². The van der Waals surface area contributed by atoms with Gasteiger partial charge < -0.3 is 10.1 Å². The third-order valence-corrected chi connectivity index (χ3v) is 4.36. The second-order valence-electron chi connectivity index (χ2n) is 5.20. The summed E-state index contributed by atoms with van der Waals surface area (Å²) in [6.45, 7) is 3.81. The monoisotopic (exact) mass is 321 g/mol. The molecule has 1 saturated heterocycles. The van der Waals surface area contributed by atoms with Crippen LogP contribution in [0.3, 0.4) is 0 Å². The number of thiophene rings is 1. The van der Waals surface area contributed by atoms with Crippen molar-refractivity contribution in [1.29, 1.82) is 0 Å². The molecule has 22 heavy (non-hydrogen) atoms. The number of hydrogen-bond acceptors (Lipinski definition) is 6. The topological polar surface area (TPSA) is 72.3 Å². The largest absolute Gasteiger partial charge is 0.374 e. The van der Waals surface area contributed by atoms with E-state index in [1.807, 2.05) is 17.5 Å². The molecule has 2 aromatic rings. The zero-order valence-corrected chi connectivity index (χ0v) is 13.0. The first-order valence-electron chi connectivity index (χ1n) is 7.25. The summed E-state index contributed by atoms with van der Waals surface area (Å²) in [6, 6.07) is 4.01. The van der Waals surface area contributed by atoms with Crippen LogP contribution in [0.5, 0.6) is 0 Å². The van der Waals surface area contributed by atoms with Crippen LogP contribution in [0.15, 0.2) is 30.2 Å². The van der Waals surface area contributed by atoms with Crippen molar-refractivity contribution in [1.82, 2.24) is 25.0 Å². The molecule has 3 heterocycles. The van der Waals surface area contributed by atoms with Crippen molar-refractivity contribution in [2.24, 2.45) is 0 Å². The van der Waals surface area contributed by atoms with Crippen LogP contribution in [0.4, 0.5) is 0 Å². The number of morpholine rings is 1. The van der Waals surface area contributed by atoms with Gasteiger partial charge in [-0.2, -0.15) is 5.10 Å². The van der Waals surface area contributed by atoms with E-state index in [2.05, 4.69) is 20.3 Å². The summed E-state index contributed by atoms with van der Waals surface area (Å²) >= 11 is 1.65. The fourth-order valence-corrected chi connectivity index (χ4v) is 3.07. The number of ether oxygens (including phenoxy) is 1. The van der Waals surface area contributed by atoms with Gasteiger partial charge in [-0.1, -0.05) is 6.07 Å². The molecule has 118 valence electrons. The molecule has 0 spiro atoms. The first kappa shape index (κ1) is 15.1. The molecule has 3 rings (SSSR count). The number of rotatable bonds is 6. The van der Waals surface area contributed by atoms with Crippen LogP contribution in [-0.2, 0) is 22.6 Å². The van der Waals surface area contributed by atoms with Gasteiger partial charge in [0, 0.05) is 18.0 Å². The van der Waals surface area contributed by atoms with E-state index in [1.54, 1.807) is 22.3 Å². The highest BCUT2D eigenvalue weighted by molar-refractivity contribution is 7.09. The number of nitrogens with zero attached hydrogens (tertiary/aromatic N) is 4. The van der Waals surface area contributed by atoms with E-state index in [1.165, 1.54) is 11.2 Å². The van der Waals surface area contributed by atoms with Gasteiger partial charge in [-0.05, 0) is 11.4 Å². The molecular weight excluding hydrogens is 302 g/mol. The van der Waals surface area contributed by atoms with Gasteiger partial charge in [-0.15, -0.1) is 11.3 Å². The SMILES string of the molecule is O=C(CN1CCOC(Cn2cncn2)C1)NCc1cccs1. The predicted octanol–water partition coefficient (Wildman–Crippen LogP) is 0.357. The molecule has 1 aliphatic heterocycles.